The first-order valence-electron chi connectivity index (χ1n) is 9.43. The second-order valence-electron chi connectivity index (χ2n) is 7.01. The van der Waals surface area contributed by atoms with E-state index in [-0.39, 0.29) is 15.6 Å². The molecule has 32 heavy (non-hydrogen) atoms. The predicted molar refractivity (Wildman–Crippen MR) is 124 cm³/mol. The molecular weight excluding hydrogens is 470 g/mol. The van der Waals surface area contributed by atoms with Gasteiger partial charge in [0, 0.05) is 5.02 Å². The van der Waals surface area contributed by atoms with Gasteiger partial charge in [-0.1, -0.05) is 22.9 Å². The van der Waals surface area contributed by atoms with Crippen molar-refractivity contribution in [2.24, 2.45) is 0 Å². The van der Waals surface area contributed by atoms with E-state index in [1.807, 2.05) is 36.6 Å². The van der Waals surface area contributed by atoms with Crippen LogP contribution in [0.3, 0.4) is 0 Å². The summed E-state index contributed by atoms with van der Waals surface area (Å²) >= 11 is 7.37. The molecule has 1 N–H and O–H groups in total. The van der Waals surface area contributed by atoms with E-state index < -0.39 is 9.84 Å². The minimum absolute atomic E-state index is 0.0615. The van der Waals surface area contributed by atoms with Crippen molar-refractivity contribution in [3.63, 3.8) is 0 Å². The quantitative estimate of drug-likeness (QED) is 0.378. The maximum Gasteiger partial charge on any atom is 0.229 e. The van der Waals surface area contributed by atoms with E-state index in [2.05, 4.69) is 20.6 Å². The number of aryl methyl sites for hydroxylation is 1. The maximum absolute atomic E-state index is 13.3. The van der Waals surface area contributed by atoms with Gasteiger partial charge in [0.05, 0.1) is 27.9 Å². The summed E-state index contributed by atoms with van der Waals surface area (Å²) in [7, 11) is -2.38. The highest BCUT2D eigenvalue weighted by molar-refractivity contribution is 7.91. The summed E-state index contributed by atoms with van der Waals surface area (Å²) in [6.45, 7) is 1.97. The number of anilines is 2. The SMILES string of the molecule is COc1ccc(C)cc1Nc1nc2c(S(=O)(=O)c3ccc(Cl)cc3)nnn2c2ccsc12. The van der Waals surface area contributed by atoms with Crippen LogP contribution in [-0.2, 0) is 9.84 Å². The third-order valence-electron chi connectivity index (χ3n) is 4.91. The molecule has 2 aromatic carbocycles. The van der Waals surface area contributed by atoms with E-state index in [1.54, 1.807) is 7.11 Å². The fourth-order valence-corrected chi connectivity index (χ4v) is 5.53. The smallest absolute Gasteiger partial charge is 0.229 e. The number of hydrogen-bond donors (Lipinski definition) is 1. The fourth-order valence-electron chi connectivity index (χ4n) is 3.35. The Kier molecular flexibility index (Phi) is 5.00. The molecule has 0 saturated heterocycles. The summed E-state index contributed by atoms with van der Waals surface area (Å²) in [5.74, 6) is 1.13. The molecule has 0 fully saturated rings. The largest absolute Gasteiger partial charge is 0.495 e. The number of nitrogens with zero attached hydrogens (tertiary/aromatic N) is 4. The lowest BCUT2D eigenvalue weighted by atomic mass is 10.2. The molecule has 0 aliphatic rings. The lowest BCUT2D eigenvalue weighted by Crippen LogP contribution is -2.05. The highest BCUT2D eigenvalue weighted by Gasteiger charge is 2.27. The van der Waals surface area contributed by atoms with Crippen LogP contribution in [0.4, 0.5) is 11.5 Å². The number of hydrogen-bond acceptors (Lipinski definition) is 8. The summed E-state index contributed by atoms with van der Waals surface area (Å²) in [6.07, 6.45) is 0. The average Bonchev–Trinajstić information content (AvgIpc) is 3.42. The van der Waals surface area contributed by atoms with Crippen LogP contribution < -0.4 is 10.1 Å². The van der Waals surface area contributed by atoms with E-state index >= 15 is 0 Å². The number of rotatable bonds is 5. The average molecular weight is 486 g/mol. The van der Waals surface area contributed by atoms with Crippen molar-refractivity contribution in [2.75, 3.05) is 12.4 Å². The highest BCUT2D eigenvalue weighted by Crippen LogP contribution is 2.35. The monoisotopic (exact) mass is 485 g/mol. The van der Waals surface area contributed by atoms with Crippen molar-refractivity contribution in [3.05, 3.63) is 64.5 Å². The maximum atomic E-state index is 13.3. The van der Waals surface area contributed by atoms with E-state index in [0.29, 0.717) is 27.8 Å². The number of sulfone groups is 1. The zero-order valence-electron chi connectivity index (χ0n) is 16.9. The lowest BCUT2D eigenvalue weighted by molar-refractivity contribution is 0.416. The second-order valence-corrected chi connectivity index (χ2v) is 10.2. The van der Waals surface area contributed by atoms with Gasteiger partial charge in [0.1, 0.15) is 5.75 Å². The second kappa shape index (κ2) is 7.73. The molecule has 0 aliphatic heterocycles. The highest BCUT2D eigenvalue weighted by atomic mass is 35.5. The summed E-state index contributed by atoms with van der Waals surface area (Å²) in [6, 6.07) is 13.5. The molecule has 0 spiro atoms. The molecule has 0 radical (unpaired) electrons. The Morgan fingerprint density at radius 2 is 1.91 bits per heavy atom. The Labute approximate surface area is 192 Å². The molecule has 11 heteroatoms. The van der Waals surface area contributed by atoms with Gasteiger partial charge in [-0.15, -0.1) is 16.4 Å². The van der Waals surface area contributed by atoms with Gasteiger partial charge >= 0.3 is 0 Å². The molecule has 0 amide bonds. The number of ether oxygens (including phenoxy) is 1. The number of nitrogens with one attached hydrogen (secondary N) is 1. The zero-order chi connectivity index (χ0) is 22.5. The Morgan fingerprint density at radius 1 is 1.12 bits per heavy atom. The zero-order valence-corrected chi connectivity index (χ0v) is 19.3. The van der Waals surface area contributed by atoms with Crippen molar-refractivity contribution in [3.8, 4) is 5.75 Å². The summed E-state index contributed by atoms with van der Waals surface area (Å²) in [4.78, 5) is 4.68. The number of fused-ring (bicyclic) bond motifs is 3. The van der Waals surface area contributed by atoms with Crippen LogP contribution in [0.1, 0.15) is 5.56 Å². The van der Waals surface area contributed by atoms with Gasteiger partial charge in [0.2, 0.25) is 14.9 Å². The van der Waals surface area contributed by atoms with Crippen LogP contribution in [0.2, 0.25) is 5.02 Å². The van der Waals surface area contributed by atoms with Gasteiger partial charge in [-0.2, -0.15) is 4.52 Å². The molecule has 5 aromatic rings. The first kappa shape index (κ1) is 20.7. The molecule has 0 unspecified atom stereocenters. The van der Waals surface area contributed by atoms with E-state index in [1.165, 1.54) is 40.1 Å². The molecule has 3 aromatic heterocycles. The first-order valence-corrected chi connectivity index (χ1v) is 12.2. The van der Waals surface area contributed by atoms with Crippen LogP contribution in [-0.4, -0.2) is 35.3 Å². The van der Waals surface area contributed by atoms with Crippen molar-refractivity contribution in [1.29, 1.82) is 0 Å². The van der Waals surface area contributed by atoms with Crippen molar-refractivity contribution >= 4 is 60.1 Å². The topological polar surface area (TPSA) is 98.5 Å². The fraction of sp³-hybridized carbons (Fsp3) is 0.0952. The molecule has 3 heterocycles. The molecule has 0 bridgehead atoms. The van der Waals surface area contributed by atoms with Gasteiger partial charge in [0.25, 0.3) is 0 Å². The third kappa shape index (κ3) is 3.36. The first-order chi connectivity index (χ1) is 15.4. The molecular formula is C21H16ClN5O3S2. The molecule has 0 atom stereocenters. The van der Waals surface area contributed by atoms with Crippen LogP contribution in [0, 0.1) is 6.92 Å². The van der Waals surface area contributed by atoms with Crippen molar-refractivity contribution in [1.82, 2.24) is 19.8 Å². The Bertz CT molecular complexity index is 1580. The standard InChI is InChI=1S/C21H16ClN5O3S2/c1-12-3-8-17(30-2)15(11-12)23-19-18-16(9-10-31-18)27-20(24-19)21(25-26-27)32(28,29)14-6-4-13(22)5-7-14/h3-11H,1-2H3,(H,23,24). The Hall–Kier alpha value is -3.21. The van der Waals surface area contributed by atoms with Crippen LogP contribution in [0.15, 0.2) is 63.8 Å². The molecule has 162 valence electrons. The van der Waals surface area contributed by atoms with E-state index in [0.717, 1.165) is 10.3 Å². The Balaban J connectivity index is 1.71. The number of aromatic nitrogens is 4. The number of benzene rings is 2. The summed E-state index contributed by atoms with van der Waals surface area (Å²) < 4.78 is 34.3. The normalized spacial score (nSPS) is 11.8. The molecule has 8 nitrogen and oxygen atoms in total. The predicted octanol–water partition coefficient (Wildman–Crippen LogP) is 4.89. The number of methoxy groups -OCH3 is 1. The van der Waals surface area contributed by atoms with Gasteiger partial charge in [-0.25, -0.2) is 13.4 Å². The Morgan fingerprint density at radius 3 is 2.66 bits per heavy atom. The molecule has 0 saturated carbocycles. The van der Waals surface area contributed by atoms with Gasteiger partial charge in [0.15, 0.2) is 11.5 Å². The van der Waals surface area contributed by atoms with Gasteiger partial charge in [-0.3, -0.25) is 0 Å². The molecule has 5 rings (SSSR count). The van der Waals surface area contributed by atoms with Crippen molar-refractivity contribution < 1.29 is 13.2 Å². The van der Waals surface area contributed by atoms with Crippen LogP contribution in [0.5, 0.6) is 5.75 Å². The van der Waals surface area contributed by atoms with E-state index in [4.69, 9.17) is 16.3 Å². The summed E-state index contributed by atoms with van der Waals surface area (Å²) in [5, 5.41) is 13.4. The number of thiophene rings is 1. The van der Waals surface area contributed by atoms with Crippen LogP contribution >= 0.6 is 22.9 Å². The van der Waals surface area contributed by atoms with E-state index in [9.17, 15) is 8.42 Å². The minimum atomic E-state index is -3.96. The van der Waals surface area contributed by atoms with Crippen LogP contribution in [0.25, 0.3) is 15.9 Å². The molecule has 0 aliphatic carbocycles. The summed E-state index contributed by atoms with van der Waals surface area (Å²) in [5.41, 5.74) is 2.57. The number of halogens is 1. The third-order valence-corrected chi connectivity index (χ3v) is 7.74. The lowest BCUT2D eigenvalue weighted by Gasteiger charge is -2.12. The minimum Gasteiger partial charge on any atom is -0.495 e. The van der Waals surface area contributed by atoms with Gasteiger partial charge in [-0.05, 0) is 60.3 Å². The van der Waals surface area contributed by atoms with Gasteiger partial charge < -0.3 is 10.1 Å². The van der Waals surface area contributed by atoms with Crippen molar-refractivity contribution in [2.45, 2.75) is 16.8 Å².